The topological polar surface area (TPSA) is 85.6 Å². The van der Waals surface area contributed by atoms with E-state index in [1.54, 1.807) is 27.3 Å². The molecule has 0 atom stereocenters. The molecule has 7 heteroatoms. The smallest absolute Gasteiger partial charge is 0.273 e. The first-order valence-corrected chi connectivity index (χ1v) is 6.76. The molecule has 7 nitrogen and oxygen atoms in total. The molecule has 0 spiro atoms. The Bertz CT molecular complexity index is 639. The first-order valence-electron chi connectivity index (χ1n) is 6.76. The maximum Gasteiger partial charge on any atom is 0.273 e. The monoisotopic (exact) mass is 305 g/mol. The van der Waals surface area contributed by atoms with E-state index >= 15 is 0 Å². The molecule has 0 saturated carbocycles. The average molecular weight is 305 g/mol. The lowest BCUT2D eigenvalue weighted by Crippen LogP contribution is -2.23. The van der Waals surface area contributed by atoms with Crippen molar-refractivity contribution in [3.63, 3.8) is 0 Å². The first-order chi connectivity index (χ1) is 10.7. The van der Waals surface area contributed by atoms with Crippen LogP contribution in [0.25, 0.3) is 0 Å². The zero-order valence-corrected chi connectivity index (χ0v) is 12.8. The Hall–Kier alpha value is -2.54. The van der Waals surface area contributed by atoms with Crippen molar-refractivity contribution < 1.29 is 18.7 Å². The molecule has 0 aliphatic heterocycles. The van der Waals surface area contributed by atoms with E-state index < -0.39 is 0 Å². The van der Waals surface area contributed by atoms with Crippen LogP contribution in [0.3, 0.4) is 0 Å². The molecule has 2 rings (SSSR count). The maximum atomic E-state index is 12.0. The van der Waals surface area contributed by atoms with Gasteiger partial charge in [0.25, 0.3) is 5.91 Å². The van der Waals surface area contributed by atoms with E-state index in [-0.39, 0.29) is 11.6 Å². The number of amides is 1. The third-order valence-corrected chi connectivity index (χ3v) is 3.01. The Morgan fingerprint density at radius 2 is 2.00 bits per heavy atom. The van der Waals surface area contributed by atoms with Gasteiger partial charge in [-0.2, -0.15) is 0 Å². The Kier molecular flexibility index (Phi) is 5.37. The zero-order valence-electron chi connectivity index (χ0n) is 12.8. The highest BCUT2D eigenvalue weighted by atomic mass is 16.5. The molecule has 2 N–H and O–H groups in total. The summed E-state index contributed by atoms with van der Waals surface area (Å²) in [5.74, 6) is 1.44. The number of nitrogens with zero attached hydrogens (tertiary/aromatic N) is 1. The second kappa shape index (κ2) is 7.46. The highest BCUT2D eigenvalue weighted by molar-refractivity contribution is 5.91. The highest BCUT2D eigenvalue weighted by Crippen LogP contribution is 2.27. The van der Waals surface area contributed by atoms with Crippen LogP contribution in [-0.4, -0.2) is 32.2 Å². The minimum atomic E-state index is -0.291. The predicted octanol–water partition coefficient (Wildman–Crippen LogP) is 1.34. The summed E-state index contributed by atoms with van der Waals surface area (Å²) >= 11 is 0. The van der Waals surface area contributed by atoms with Crippen LogP contribution < -0.4 is 20.1 Å². The Balaban J connectivity index is 1.98. The van der Waals surface area contributed by atoms with Crippen LogP contribution in [0.15, 0.2) is 28.9 Å². The number of carbonyl (C=O) groups is 1. The molecule has 0 saturated heterocycles. The van der Waals surface area contributed by atoms with Gasteiger partial charge in [-0.05, 0) is 24.7 Å². The SMILES string of the molecule is CNCc1nc(C(=O)NCc2ccc(OC)c(OC)c2)co1. The van der Waals surface area contributed by atoms with E-state index in [1.807, 2.05) is 12.1 Å². The van der Waals surface area contributed by atoms with Crippen molar-refractivity contribution in [2.45, 2.75) is 13.1 Å². The fourth-order valence-corrected chi connectivity index (χ4v) is 1.91. The molecule has 0 radical (unpaired) electrons. The second-order valence-electron chi connectivity index (χ2n) is 4.53. The molecule has 118 valence electrons. The minimum Gasteiger partial charge on any atom is -0.493 e. The number of methoxy groups -OCH3 is 2. The van der Waals surface area contributed by atoms with Crippen molar-refractivity contribution in [3.05, 3.63) is 41.6 Å². The summed E-state index contributed by atoms with van der Waals surface area (Å²) in [4.78, 5) is 16.1. The predicted molar refractivity (Wildman–Crippen MR) is 80.0 cm³/mol. The molecule has 1 aromatic carbocycles. The van der Waals surface area contributed by atoms with Crippen LogP contribution in [0.1, 0.15) is 21.9 Å². The lowest BCUT2D eigenvalue weighted by molar-refractivity contribution is 0.0946. The highest BCUT2D eigenvalue weighted by Gasteiger charge is 2.12. The Labute approximate surface area is 128 Å². The van der Waals surface area contributed by atoms with E-state index in [9.17, 15) is 4.79 Å². The summed E-state index contributed by atoms with van der Waals surface area (Å²) < 4.78 is 15.6. The molecule has 2 aromatic rings. The van der Waals surface area contributed by atoms with Crippen LogP contribution in [0, 0.1) is 0 Å². The quantitative estimate of drug-likeness (QED) is 0.803. The molecule has 0 aliphatic rings. The lowest BCUT2D eigenvalue weighted by Gasteiger charge is -2.09. The van der Waals surface area contributed by atoms with Crippen molar-refractivity contribution in [2.24, 2.45) is 0 Å². The molecule has 0 unspecified atom stereocenters. The largest absolute Gasteiger partial charge is 0.493 e. The van der Waals surface area contributed by atoms with E-state index in [4.69, 9.17) is 13.9 Å². The number of oxazole rings is 1. The molecule has 1 amide bonds. The van der Waals surface area contributed by atoms with Crippen molar-refractivity contribution in [1.29, 1.82) is 0 Å². The van der Waals surface area contributed by atoms with Gasteiger partial charge in [0.05, 0.1) is 20.8 Å². The van der Waals surface area contributed by atoms with Gasteiger partial charge in [-0.1, -0.05) is 6.07 Å². The van der Waals surface area contributed by atoms with E-state index in [0.29, 0.717) is 30.5 Å². The maximum absolute atomic E-state index is 12.0. The number of carbonyl (C=O) groups excluding carboxylic acids is 1. The van der Waals surface area contributed by atoms with Crippen LogP contribution in [0.5, 0.6) is 11.5 Å². The summed E-state index contributed by atoms with van der Waals surface area (Å²) in [7, 11) is 4.92. The fourth-order valence-electron chi connectivity index (χ4n) is 1.91. The van der Waals surface area contributed by atoms with Crippen LogP contribution in [0.2, 0.25) is 0 Å². The number of hydrogen-bond donors (Lipinski definition) is 2. The van der Waals surface area contributed by atoms with Crippen molar-refractivity contribution in [3.8, 4) is 11.5 Å². The molecule has 0 fully saturated rings. The van der Waals surface area contributed by atoms with Gasteiger partial charge in [-0.15, -0.1) is 0 Å². The van der Waals surface area contributed by atoms with Crippen molar-refractivity contribution in [2.75, 3.05) is 21.3 Å². The number of rotatable bonds is 7. The van der Waals surface area contributed by atoms with Gasteiger partial charge in [0.2, 0.25) is 5.89 Å². The molecular formula is C15H19N3O4. The Morgan fingerprint density at radius 3 is 2.68 bits per heavy atom. The second-order valence-corrected chi connectivity index (χ2v) is 4.53. The van der Waals surface area contributed by atoms with Gasteiger partial charge < -0.3 is 24.5 Å². The number of nitrogens with one attached hydrogen (secondary N) is 2. The zero-order chi connectivity index (χ0) is 15.9. The molecule has 0 bridgehead atoms. The van der Waals surface area contributed by atoms with E-state index in [1.165, 1.54) is 6.26 Å². The fraction of sp³-hybridized carbons (Fsp3) is 0.333. The number of hydrogen-bond acceptors (Lipinski definition) is 6. The van der Waals surface area contributed by atoms with E-state index in [0.717, 1.165) is 5.56 Å². The molecule has 0 aliphatic carbocycles. The van der Waals surface area contributed by atoms with Gasteiger partial charge in [0, 0.05) is 6.54 Å². The average Bonchev–Trinajstić information content (AvgIpc) is 3.01. The molecule has 1 heterocycles. The molecular weight excluding hydrogens is 286 g/mol. The van der Waals surface area contributed by atoms with Crippen molar-refractivity contribution >= 4 is 5.91 Å². The van der Waals surface area contributed by atoms with Gasteiger partial charge >= 0.3 is 0 Å². The van der Waals surface area contributed by atoms with Gasteiger partial charge in [0.1, 0.15) is 6.26 Å². The van der Waals surface area contributed by atoms with Gasteiger partial charge in [-0.3, -0.25) is 4.79 Å². The number of aromatic nitrogens is 1. The summed E-state index contributed by atoms with van der Waals surface area (Å²) in [5, 5.41) is 5.69. The third kappa shape index (κ3) is 3.76. The summed E-state index contributed by atoms with van der Waals surface area (Å²) in [5.41, 5.74) is 1.15. The van der Waals surface area contributed by atoms with Crippen LogP contribution >= 0.6 is 0 Å². The number of benzene rings is 1. The normalized spacial score (nSPS) is 10.3. The minimum absolute atomic E-state index is 0.255. The molecule has 22 heavy (non-hydrogen) atoms. The third-order valence-electron chi connectivity index (χ3n) is 3.01. The van der Waals surface area contributed by atoms with E-state index in [2.05, 4.69) is 15.6 Å². The summed E-state index contributed by atoms with van der Waals surface area (Å²) in [6.07, 6.45) is 1.34. The van der Waals surface area contributed by atoms with Crippen molar-refractivity contribution in [1.82, 2.24) is 15.6 Å². The summed E-state index contributed by atoms with van der Waals surface area (Å²) in [6.45, 7) is 0.830. The van der Waals surface area contributed by atoms with Gasteiger partial charge in [-0.25, -0.2) is 4.98 Å². The molecule has 1 aromatic heterocycles. The first kappa shape index (κ1) is 15.8. The Morgan fingerprint density at radius 1 is 1.23 bits per heavy atom. The number of ether oxygens (including phenoxy) is 2. The standard InChI is InChI=1S/C15H19N3O4/c1-16-8-14-18-11(9-22-14)15(19)17-7-10-4-5-12(20-2)13(6-10)21-3/h4-6,9,16H,7-8H2,1-3H3,(H,17,19). The summed E-state index contributed by atoms with van der Waals surface area (Å²) in [6, 6.07) is 5.46. The lowest BCUT2D eigenvalue weighted by atomic mass is 10.2. The van der Waals surface area contributed by atoms with Crippen LogP contribution in [-0.2, 0) is 13.1 Å². The van der Waals surface area contributed by atoms with Crippen LogP contribution in [0.4, 0.5) is 0 Å². The van der Waals surface area contributed by atoms with Gasteiger partial charge in [0.15, 0.2) is 17.2 Å².